The third-order valence-corrected chi connectivity index (χ3v) is 5.41. The third-order valence-electron chi connectivity index (χ3n) is 3.17. The first-order valence-corrected chi connectivity index (χ1v) is 8.61. The van der Waals surface area contributed by atoms with E-state index in [1.165, 1.54) is 12.1 Å². The van der Waals surface area contributed by atoms with Crippen molar-refractivity contribution >= 4 is 37.6 Å². The van der Waals surface area contributed by atoms with Crippen LogP contribution < -0.4 is 4.72 Å². The van der Waals surface area contributed by atoms with E-state index in [4.69, 9.17) is 5.11 Å². The molecule has 0 amide bonds. The van der Waals surface area contributed by atoms with E-state index >= 15 is 0 Å². The Labute approximate surface area is 137 Å². The van der Waals surface area contributed by atoms with E-state index in [-0.39, 0.29) is 10.5 Å². The molecule has 22 heavy (non-hydrogen) atoms. The molecule has 0 atom stereocenters. The predicted octanol–water partition coefficient (Wildman–Crippen LogP) is 3.56. The van der Waals surface area contributed by atoms with Gasteiger partial charge in [0.2, 0.25) is 0 Å². The van der Waals surface area contributed by atoms with Gasteiger partial charge in [-0.1, -0.05) is 28.1 Å². The monoisotopic (exact) mass is 383 g/mol. The van der Waals surface area contributed by atoms with Crippen LogP contribution >= 0.6 is 15.9 Å². The fourth-order valence-electron chi connectivity index (χ4n) is 1.87. The highest BCUT2D eigenvalue weighted by molar-refractivity contribution is 9.10. The maximum atomic E-state index is 12.4. The normalized spacial score (nSPS) is 11.2. The van der Waals surface area contributed by atoms with Gasteiger partial charge in [-0.15, -0.1) is 0 Å². The number of hydrogen-bond acceptors (Lipinski definition) is 3. The first-order valence-electron chi connectivity index (χ1n) is 6.33. The third kappa shape index (κ3) is 3.48. The molecule has 0 spiro atoms. The molecular formula is C15H14BrNO4S. The molecule has 116 valence electrons. The van der Waals surface area contributed by atoms with Gasteiger partial charge in [0.05, 0.1) is 10.5 Å². The number of anilines is 1. The molecule has 2 aromatic rings. The highest BCUT2D eigenvalue weighted by Gasteiger charge is 2.18. The van der Waals surface area contributed by atoms with E-state index in [9.17, 15) is 13.2 Å². The van der Waals surface area contributed by atoms with E-state index in [0.29, 0.717) is 11.3 Å². The van der Waals surface area contributed by atoms with Crippen LogP contribution in [0.2, 0.25) is 0 Å². The summed E-state index contributed by atoms with van der Waals surface area (Å²) in [5.74, 6) is -1.16. The van der Waals surface area contributed by atoms with Gasteiger partial charge in [0.1, 0.15) is 0 Å². The molecule has 0 aliphatic carbocycles. The number of carboxylic acid groups (broad SMARTS) is 1. The Morgan fingerprint density at radius 3 is 2.32 bits per heavy atom. The van der Waals surface area contributed by atoms with Crippen LogP contribution in [0.4, 0.5) is 5.69 Å². The number of benzene rings is 2. The lowest BCUT2D eigenvalue weighted by atomic mass is 10.1. The molecule has 5 nitrogen and oxygen atoms in total. The summed E-state index contributed by atoms with van der Waals surface area (Å²) in [7, 11) is -3.85. The zero-order chi connectivity index (χ0) is 16.5. The Morgan fingerprint density at radius 2 is 1.73 bits per heavy atom. The smallest absolute Gasteiger partial charge is 0.335 e. The number of nitrogens with one attached hydrogen (secondary N) is 1. The van der Waals surface area contributed by atoms with Gasteiger partial charge in [0, 0.05) is 10.2 Å². The summed E-state index contributed by atoms with van der Waals surface area (Å²) in [6, 6.07) is 9.09. The van der Waals surface area contributed by atoms with Crippen molar-refractivity contribution < 1.29 is 18.3 Å². The minimum atomic E-state index is -3.85. The lowest BCUT2D eigenvalue weighted by Crippen LogP contribution is -2.14. The molecule has 0 unspecified atom stereocenters. The van der Waals surface area contributed by atoms with E-state index in [2.05, 4.69) is 20.7 Å². The Morgan fingerprint density at radius 1 is 1.09 bits per heavy atom. The average Bonchev–Trinajstić information content (AvgIpc) is 2.42. The summed E-state index contributed by atoms with van der Waals surface area (Å²) >= 11 is 3.34. The minimum Gasteiger partial charge on any atom is -0.478 e. The topological polar surface area (TPSA) is 83.5 Å². The van der Waals surface area contributed by atoms with Crippen molar-refractivity contribution in [2.45, 2.75) is 18.7 Å². The van der Waals surface area contributed by atoms with Crippen LogP contribution in [0, 0.1) is 13.8 Å². The van der Waals surface area contributed by atoms with Gasteiger partial charge in [-0.05, 0) is 49.2 Å². The quantitative estimate of drug-likeness (QED) is 0.844. The zero-order valence-corrected chi connectivity index (χ0v) is 14.3. The summed E-state index contributed by atoms with van der Waals surface area (Å²) < 4.78 is 27.9. The summed E-state index contributed by atoms with van der Waals surface area (Å²) in [4.78, 5) is 11.0. The van der Waals surface area contributed by atoms with E-state index in [1.54, 1.807) is 25.1 Å². The average molecular weight is 384 g/mol. The molecule has 0 bridgehead atoms. The molecule has 0 aromatic heterocycles. The molecule has 2 rings (SSSR count). The van der Waals surface area contributed by atoms with E-state index < -0.39 is 16.0 Å². The Bertz CT molecular complexity index is 847. The van der Waals surface area contributed by atoms with Gasteiger partial charge in [0.15, 0.2) is 0 Å². The van der Waals surface area contributed by atoms with Crippen molar-refractivity contribution in [3.05, 3.63) is 57.6 Å². The first kappa shape index (κ1) is 16.5. The summed E-state index contributed by atoms with van der Waals surface area (Å²) in [5.41, 5.74) is 1.85. The van der Waals surface area contributed by atoms with Gasteiger partial charge < -0.3 is 5.11 Å². The van der Waals surface area contributed by atoms with Crippen LogP contribution in [0.3, 0.4) is 0 Å². The van der Waals surface area contributed by atoms with Gasteiger partial charge >= 0.3 is 5.97 Å². The van der Waals surface area contributed by atoms with Crippen LogP contribution in [0.5, 0.6) is 0 Å². The summed E-state index contributed by atoms with van der Waals surface area (Å²) in [6.07, 6.45) is 0. The number of aryl methyl sites for hydroxylation is 2. The van der Waals surface area contributed by atoms with Gasteiger partial charge in [-0.2, -0.15) is 0 Å². The number of hydrogen-bond donors (Lipinski definition) is 2. The SMILES string of the molecule is Cc1ccc(NS(=O)(=O)c2ccc(C)c(C(=O)O)c2)cc1Br. The predicted molar refractivity (Wildman–Crippen MR) is 87.8 cm³/mol. The standard InChI is InChI=1S/C15H14BrNO4S/c1-9-4-6-12(8-13(9)15(18)19)22(20,21)17-11-5-3-10(2)14(16)7-11/h3-8,17H,1-2H3,(H,18,19). The van der Waals surface area contributed by atoms with Crippen molar-refractivity contribution in [2.75, 3.05) is 4.72 Å². The first-order chi connectivity index (χ1) is 10.2. The van der Waals surface area contributed by atoms with Crippen LogP contribution in [0.1, 0.15) is 21.5 Å². The van der Waals surface area contributed by atoms with Gasteiger partial charge in [0.25, 0.3) is 10.0 Å². The molecule has 0 fully saturated rings. The second kappa shape index (κ2) is 6.10. The van der Waals surface area contributed by atoms with Gasteiger partial charge in [-0.3, -0.25) is 4.72 Å². The molecule has 0 saturated heterocycles. The fourth-order valence-corrected chi connectivity index (χ4v) is 3.32. The largest absolute Gasteiger partial charge is 0.478 e. The highest BCUT2D eigenvalue weighted by Crippen LogP contribution is 2.24. The summed E-state index contributed by atoms with van der Waals surface area (Å²) in [5, 5.41) is 9.09. The van der Waals surface area contributed by atoms with Crippen molar-refractivity contribution in [3.63, 3.8) is 0 Å². The number of aromatic carboxylic acids is 1. The minimum absolute atomic E-state index is 0.0343. The molecule has 2 aromatic carbocycles. The fraction of sp³-hybridized carbons (Fsp3) is 0.133. The molecule has 0 radical (unpaired) electrons. The molecule has 0 aliphatic rings. The Kier molecular flexibility index (Phi) is 4.58. The van der Waals surface area contributed by atoms with Crippen molar-refractivity contribution in [1.29, 1.82) is 0 Å². The second-order valence-electron chi connectivity index (χ2n) is 4.85. The summed E-state index contributed by atoms with van der Waals surface area (Å²) in [6.45, 7) is 3.51. The molecule has 7 heteroatoms. The molecule has 0 saturated carbocycles. The second-order valence-corrected chi connectivity index (χ2v) is 7.39. The Hall–Kier alpha value is -1.86. The Balaban J connectivity index is 2.40. The maximum absolute atomic E-state index is 12.4. The van der Waals surface area contributed by atoms with Crippen LogP contribution in [-0.2, 0) is 10.0 Å². The van der Waals surface area contributed by atoms with Gasteiger partial charge in [-0.25, -0.2) is 13.2 Å². The molecule has 0 aliphatic heterocycles. The van der Waals surface area contributed by atoms with Crippen LogP contribution in [-0.4, -0.2) is 19.5 Å². The number of halogens is 1. The zero-order valence-electron chi connectivity index (χ0n) is 11.9. The molecule has 0 heterocycles. The number of carboxylic acids is 1. The number of carbonyl (C=O) groups is 1. The van der Waals surface area contributed by atoms with Crippen LogP contribution in [0.25, 0.3) is 0 Å². The molecule has 2 N–H and O–H groups in total. The van der Waals surface area contributed by atoms with Crippen LogP contribution in [0.15, 0.2) is 45.8 Å². The lowest BCUT2D eigenvalue weighted by Gasteiger charge is -2.10. The van der Waals surface area contributed by atoms with Crippen molar-refractivity contribution in [2.24, 2.45) is 0 Å². The number of sulfonamides is 1. The van der Waals surface area contributed by atoms with E-state index in [1.807, 2.05) is 6.92 Å². The highest BCUT2D eigenvalue weighted by atomic mass is 79.9. The van der Waals surface area contributed by atoms with Crippen molar-refractivity contribution in [1.82, 2.24) is 0 Å². The van der Waals surface area contributed by atoms with E-state index in [0.717, 1.165) is 16.1 Å². The number of rotatable bonds is 4. The molecular weight excluding hydrogens is 370 g/mol. The lowest BCUT2D eigenvalue weighted by molar-refractivity contribution is 0.0696. The maximum Gasteiger partial charge on any atom is 0.335 e. The van der Waals surface area contributed by atoms with Crippen molar-refractivity contribution in [3.8, 4) is 0 Å².